The lowest BCUT2D eigenvalue weighted by atomic mass is 9.96. The van der Waals surface area contributed by atoms with Crippen molar-refractivity contribution in [1.82, 2.24) is 15.1 Å². The van der Waals surface area contributed by atoms with Gasteiger partial charge >= 0.3 is 0 Å². The molecule has 0 spiro atoms. The Morgan fingerprint density at radius 1 is 0.833 bits per heavy atom. The minimum absolute atomic E-state index is 0.367. The molecule has 0 aromatic heterocycles. The summed E-state index contributed by atoms with van der Waals surface area (Å²) in [6.07, 6.45) is 1.23. The van der Waals surface area contributed by atoms with Gasteiger partial charge in [0.15, 0.2) is 0 Å². The van der Waals surface area contributed by atoms with Crippen LogP contribution in [0.4, 0.5) is 0 Å². The van der Waals surface area contributed by atoms with Gasteiger partial charge in [0.05, 0.1) is 6.04 Å². The number of nitrogens with zero attached hydrogens (tertiary/aromatic N) is 2. The molecule has 3 nitrogen and oxygen atoms in total. The van der Waals surface area contributed by atoms with E-state index in [1.807, 2.05) is 7.05 Å². The van der Waals surface area contributed by atoms with Crippen LogP contribution in [0.15, 0.2) is 60.7 Å². The Labute approximate surface area is 146 Å². The molecule has 1 heterocycles. The summed E-state index contributed by atoms with van der Waals surface area (Å²) in [5.74, 6) is 0. The van der Waals surface area contributed by atoms with Gasteiger partial charge in [-0.1, -0.05) is 60.7 Å². The van der Waals surface area contributed by atoms with Crippen molar-refractivity contribution >= 4 is 0 Å². The van der Waals surface area contributed by atoms with E-state index in [1.165, 1.54) is 37.2 Å². The average Bonchev–Trinajstić information content (AvgIpc) is 2.65. The molecule has 128 valence electrons. The Bertz CT molecular complexity index is 537. The predicted molar refractivity (Wildman–Crippen MR) is 101 cm³/mol. The molecule has 0 bridgehead atoms. The van der Waals surface area contributed by atoms with Gasteiger partial charge in [-0.05, 0) is 37.7 Å². The molecular formula is C21H29N3. The number of hydrogen-bond acceptors (Lipinski definition) is 3. The Morgan fingerprint density at radius 2 is 1.38 bits per heavy atom. The largest absolute Gasteiger partial charge is 0.320 e. The van der Waals surface area contributed by atoms with Crippen molar-refractivity contribution < 1.29 is 0 Å². The van der Waals surface area contributed by atoms with E-state index >= 15 is 0 Å². The van der Waals surface area contributed by atoms with Crippen molar-refractivity contribution in [2.75, 3.05) is 46.3 Å². The van der Waals surface area contributed by atoms with E-state index in [1.54, 1.807) is 0 Å². The molecule has 3 rings (SSSR count). The molecule has 0 unspecified atom stereocenters. The van der Waals surface area contributed by atoms with E-state index in [4.69, 9.17) is 0 Å². The quantitative estimate of drug-likeness (QED) is 0.790. The molecule has 1 aliphatic rings. The first-order valence-corrected chi connectivity index (χ1v) is 9.09. The molecule has 3 heteroatoms. The molecule has 0 saturated carbocycles. The highest BCUT2D eigenvalue weighted by Gasteiger charge is 2.25. The first-order chi connectivity index (χ1) is 11.9. The zero-order valence-electron chi connectivity index (χ0n) is 14.7. The van der Waals surface area contributed by atoms with Gasteiger partial charge in [0.25, 0.3) is 0 Å². The fourth-order valence-corrected chi connectivity index (χ4v) is 3.61. The van der Waals surface area contributed by atoms with Crippen LogP contribution in [0.5, 0.6) is 0 Å². The molecule has 0 amide bonds. The third-order valence-electron chi connectivity index (χ3n) is 4.90. The summed E-state index contributed by atoms with van der Waals surface area (Å²) in [6, 6.07) is 22.2. The van der Waals surface area contributed by atoms with Gasteiger partial charge in [-0.3, -0.25) is 4.90 Å². The highest BCUT2D eigenvalue weighted by molar-refractivity contribution is 5.31. The molecule has 0 atom stereocenters. The summed E-state index contributed by atoms with van der Waals surface area (Å²) in [4.78, 5) is 5.24. The van der Waals surface area contributed by atoms with E-state index in [0.717, 1.165) is 19.6 Å². The van der Waals surface area contributed by atoms with Crippen LogP contribution in [0.3, 0.4) is 0 Å². The summed E-state index contributed by atoms with van der Waals surface area (Å²) in [7, 11) is 2.03. The van der Waals surface area contributed by atoms with Gasteiger partial charge < -0.3 is 10.2 Å². The van der Waals surface area contributed by atoms with E-state index < -0.39 is 0 Å². The molecule has 0 aliphatic carbocycles. The molecule has 1 aliphatic heterocycles. The van der Waals surface area contributed by atoms with Crippen LogP contribution < -0.4 is 5.32 Å². The first kappa shape index (κ1) is 17.2. The van der Waals surface area contributed by atoms with Crippen molar-refractivity contribution in [3.63, 3.8) is 0 Å². The third-order valence-corrected chi connectivity index (χ3v) is 4.90. The summed E-state index contributed by atoms with van der Waals surface area (Å²) in [5.41, 5.74) is 2.79. The SMILES string of the molecule is CNCCCN1CCN(C(c2ccccc2)c2ccccc2)CC1. The Balaban J connectivity index is 1.69. The molecule has 0 radical (unpaired) electrons. The second-order valence-corrected chi connectivity index (χ2v) is 6.56. The maximum absolute atomic E-state index is 3.24. The molecular weight excluding hydrogens is 294 g/mol. The molecule has 2 aromatic carbocycles. The number of nitrogens with one attached hydrogen (secondary N) is 1. The summed E-state index contributed by atoms with van der Waals surface area (Å²) in [6.45, 7) is 6.91. The smallest absolute Gasteiger partial charge is 0.0602 e. The van der Waals surface area contributed by atoms with Gasteiger partial charge in [0, 0.05) is 26.2 Å². The normalized spacial score (nSPS) is 16.6. The standard InChI is InChI=1S/C21H29N3/c1-22-13-8-14-23-15-17-24(18-16-23)21(19-9-4-2-5-10-19)20-11-6-3-7-12-20/h2-7,9-12,21-22H,8,13-18H2,1H3. The lowest BCUT2D eigenvalue weighted by Gasteiger charge is -2.39. The van der Waals surface area contributed by atoms with Crippen LogP contribution >= 0.6 is 0 Å². The van der Waals surface area contributed by atoms with Crippen molar-refractivity contribution in [2.24, 2.45) is 0 Å². The molecule has 24 heavy (non-hydrogen) atoms. The maximum Gasteiger partial charge on any atom is 0.0602 e. The zero-order valence-corrected chi connectivity index (χ0v) is 14.7. The summed E-state index contributed by atoms with van der Waals surface area (Å²) >= 11 is 0. The Kier molecular flexibility index (Phi) is 6.41. The molecule has 1 fully saturated rings. The highest BCUT2D eigenvalue weighted by Crippen LogP contribution is 2.29. The Hall–Kier alpha value is -1.68. The topological polar surface area (TPSA) is 18.5 Å². The van der Waals surface area contributed by atoms with Crippen LogP contribution in [0.25, 0.3) is 0 Å². The Morgan fingerprint density at radius 3 is 1.88 bits per heavy atom. The van der Waals surface area contributed by atoms with Crippen molar-refractivity contribution in [3.8, 4) is 0 Å². The zero-order chi connectivity index (χ0) is 16.6. The van der Waals surface area contributed by atoms with Gasteiger partial charge in [0.2, 0.25) is 0 Å². The van der Waals surface area contributed by atoms with Crippen LogP contribution in [0, 0.1) is 0 Å². The second-order valence-electron chi connectivity index (χ2n) is 6.56. The van der Waals surface area contributed by atoms with Gasteiger partial charge in [-0.15, -0.1) is 0 Å². The fraction of sp³-hybridized carbons (Fsp3) is 0.429. The number of hydrogen-bond donors (Lipinski definition) is 1. The summed E-state index contributed by atoms with van der Waals surface area (Å²) in [5, 5.41) is 3.24. The predicted octanol–water partition coefficient (Wildman–Crippen LogP) is 3.00. The summed E-state index contributed by atoms with van der Waals surface area (Å²) < 4.78 is 0. The van der Waals surface area contributed by atoms with Crippen LogP contribution in [-0.4, -0.2) is 56.1 Å². The lowest BCUT2D eigenvalue weighted by Crippen LogP contribution is -2.48. The van der Waals surface area contributed by atoms with Crippen LogP contribution in [0.2, 0.25) is 0 Å². The number of piperazine rings is 1. The minimum Gasteiger partial charge on any atom is -0.320 e. The van der Waals surface area contributed by atoms with E-state index in [0.29, 0.717) is 6.04 Å². The molecule has 1 N–H and O–H groups in total. The van der Waals surface area contributed by atoms with Crippen LogP contribution in [0.1, 0.15) is 23.6 Å². The first-order valence-electron chi connectivity index (χ1n) is 9.09. The lowest BCUT2D eigenvalue weighted by molar-refractivity contribution is 0.109. The highest BCUT2D eigenvalue weighted by atomic mass is 15.3. The van der Waals surface area contributed by atoms with Gasteiger partial charge in [-0.2, -0.15) is 0 Å². The average molecular weight is 323 g/mol. The minimum atomic E-state index is 0.367. The second kappa shape index (κ2) is 8.97. The number of rotatable bonds is 7. The van der Waals surface area contributed by atoms with Crippen molar-refractivity contribution in [1.29, 1.82) is 0 Å². The van der Waals surface area contributed by atoms with E-state index in [9.17, 15) is 0 Å². The molecule has 2 aromatic rings. The van der Waals surface area contributed by atoms with Gasteiger partial charge in [-0.25, -0.2) is 0 Å². The van der Waals surface area contributed by atoms with Crippen molar-refractivity contribution in [2.45, 2.75) is 12.5 Å². The van der Waals surface area contributed by atoms with Gasteiger partial charge in [0.1, 0.15) is 0 Å². The monoisotopic (exact) mass is 323 g/mol. The van der Waals surface area contributed by atoms with Crippen LogP contribution in [-0.2, 0) is 0 Å². The van der Waals surface area contributed by atoms with Crippen molar-refractivity contribution in [3.05, 3.63) is 71.8 Å². The third kappa shape index (κ3) is 4.44. The van der Waals surface area contributed by atoms with E-state index in [-0.39, 0.29) is 0 Å². The maximum atomic E-state index is 3.24. The molecule has 1 saturated heterocycles. The van der Waals surface area contributed by atoms with E-state index in [2.05, 4.69) is 75.8 Å². The number of benzene rings is 2. The fourth-order valence-electron chi connectivity index (χ4n) is 3.61.